The van der Waals surface area contributed by atoms with E-state index < -0.39 is 6.04 Å². The molecule has 2 amide bonds. The lowest BCUT2D eigenvalue weighted by molar-refractivity contribution is -0.141. The smallest absolute Gasteiger partial charge is 0.243 e. The highest BCUT2D eigenvalue weighted by Crippen LogP contribution is 2.31. The zero-order chi connectivity index (χ0) is 27.7. The van der Waals surface area contributed by atoms with Gasteiger partial charge in [-0.15, -0.1) is 0 Å². The summed E-state index contributed by atoms with van der Waals surface area (Å²) in [6, 6.07) is 23.7. The molecule has 1 fully saturated rings. The van der Waals surface area contributed by atoms with Crippen LogP contribution in [0.5, 0.6) is 11.5 Å². The van der Waals surface area contributed by atoms with Crippen LogP contribution in [0.25, 0.3) is 0 Å². The van der Waals surface area contributed by atoms with Gasteiger partial charge in [-0.05, 0) is 55.0 Å². The molecule has 40 heavy (non-hydrogen) atoms. The molecule has 1 N–H and O–H groups in total. The normalized spacial score (nSPS) is 15.7. The molecule has 210 valence electrons. The zero-order valence-electron chi connectivity index (χ0n) is 23.4. The van der Waals surface area contributed by atoms with Crippen LogP contribution in [0.4, 0.5) is 0 Å². The van der Waals surface area contributed by atoms with Crippen LogP contribution in [0.1, 0.15) is 60.8 Å². The molecule has 1 aliphatic heterocycles. The third-order valence-corrected chi connectivity index (χ3v) is 7.93. The maximum atomic E-state index is 14.0. The number of fused-ring (bicyclic) bond motifs is 1. The fourth-order valence-electron chi connectivity index (χ4n) is 5.63. The van der Waals surface area contributed by atoms with Gasteiger partial charge in [-0.1, -0.05) is 85.5 Å². The predicted molar refractivity (Wildman–Crippen MR) is 156 cm³/mol. The lowest BCUT2D eigenvalue weighted by atomic mass is 9.94. The number of rotatable bonds is 10. The Morgan fingerprint density at radius 1 is 0.850 bits per heavy atom. The molecule has 5 rings (SSSR count). The lowest BCUT2D eigenvalue weighted by Crippen LogP contribution is -2.52. The molecule has 0 saturated heterocycles. The zero-order valence-corrected chi connectivity index (χ0v) is 23.4. The van der Waals surface area contributed by atoms with Gasteiger partial charge in [0.15, 0.2) is 11.5 Å². The van der Waals surface area contributed by atoms with E-state index in [9.17, 15) is 9.59 Å². The fourth-order valence-corrected chi connectivity index (χ4v) is 5.63. The van der Waals surface area contributed by atoms with Crippen molar-refractivity contribution in [3.05, 3.63) is 95.1 Å². The number of nitrogens with one attached hydrogen (secondary N) is 1. The second-order valence-corrected chi connectivity index (χ2v) is 11.0. The van der Waals surface area contributed by atoms with Gasteiger partial charge in [0, 0.05) is 25.4 Å². The Hall–Kier alpha value is -3.80. The van der Waals surface area contributed by atoms with E-state index >= 15 is 0 Å². The minimum atomic E-state index is -0.599. The van der Waals surface area contributed by atoms with Crippen molar-refractivity contribution in [2.75, 3.05) is 13.2 Å². The number of amides is 2. The van der Waals surface area contributed by atoms with Crippen molar-refractivity contribution in [1.82, 2.24) is 10.2 Å². The summed E-state index contributed by atoms with van der Waals surface area (Å²) in [6.45, 7) is 3.51. The van der Waals surface area contributed by atoms with Gasteiger partial charge in [-0.25, -0.2) is 0 Å². The first-order chi connectivity index (χ1) is 19.5. The van der Waals surface area contributed by atoms with Gasteiger partial charge >= 0.3 is 0 Å². The van der Waals surface area contributed by atoms with Crippen LogP contribution < -0.4 is 14.8 Å². The van der Waals surface area contributed by atoms with E-state index in [2.05, 4.69) is 36.5 Å². The number of nitrogens with zero attached hydrogens (tertiary/aromatic N) is 1. The van der Waals surface area contributed by atoms with Crippen molar-refractivity contribution in [1.29, 1.82) is 0 Å². The Morgan fingerprint density at radius 2 is 1.55 bits per heavy atom. The minimum absolute atomic E-state index is 0.0322. The minimum Gasteiger partial charge on any atom is -0.486 e. The van der Waals surface area contributed by atoms with E-state index in [1.807, 2.05) is 48.5 Å². The second-order valence-electron chi connectivity index (χ2n) is 11.0. The molecule has 1 atom stereocenters. The van der Waals surface area contributed by atoms with E-state index in [4.69, 9.17) is 9.47 Å². The molecule has 0 radical (unpaired) electrons. The first-order valence-electron chi connectivity index (χ1n) is 14.6. The molecule has 1 heterocycles. The number of ether oxygens (including phenoxy) is 2. The molecule has 2 aliphatic rings. The summed E-state index contributed by atoms with van der Waals surface area (Å²) in [7, 11) is 0. The highest BCUT2D eigenvalue weighted by molar-refractivity contribution is 5.88. The number of hydrogen-bond donors (Lipinski definition) is 1. The molecule has 0 spiro atoms. The van der Waals surface area contributed by atoms with E-state index in [0.29, 0.717) is 39.0 Å². The van der Waals surface area contributed by atoms with Crippen molar-refractivity contribution in [2.45, 2.75) is 76.9 Å². The number of hydrogen-bond acceptors (Lipinski definition) is 4. The summed E-state index contributed by atoms with van der Waals surface area (Å²) < 4.78 is 11.4. The number of carbonyl (C=O) groups is 2. The summed E-state index contributed by atoms with van der Waals surface area (Å²) in [5, 5.41) is 3.31. The molecule has 0 unspecified atom stereocenters. The monoisotopic (exact) mass is 540 g/mol. The van der Waals surface area contributed by atoms with E-state index in [0.717, 1.165) is 59.4 Å². The van der Waals surface area contributed by atoms with Crippen LogP contribution >= 0.6 is 0 Å². The second kappa shape index (κ2) is 13.5. The molecule has 1 saturated carbocycles. The van der Waals surface area contributed by atoms with Crippen LogP contribution in [-0.2, 0) is 29.0 Å². The highest BCUT2D eigenvalue weighted by Gasteiger charge is 2.31. The van der Waals surface area contributed by atoms with Crippen molar-refractivity contribution >= 4 is 11.8 Å². The Balaban J connectivity index is 1.39. The van der Waals surface area contributed by atoms with Crippen LogP contribution in [0.15, 0.2) is 72.8 Å². The SMILES string of the molecule is Cc1ccc(CN(C(=O)CCc2ccc3c(c2)OCCO3)[C@@H](Cc2ccccc2)C(=O)NC2CCCCC2)cc1. The third kappa shape index (κ3) is 7.44. The maximum Gasteiger partial charge on any atom is 0.243 e. The van der Waals surface area contributed by atoms with Crippen LogP contribution in [0, 0.1) is 6.92 Å². The number of aryl methyl sites for hydroxylation is 2. The molecule has 3 aromatic rings. The molecule has 6 nitrogen and oxygen atoms in total. The summed E-state index contributed by atoms with van der Waals surface area (Å²) >= 11 is 0. The Morgan fingerprint density at radius 3 is 2.30 bits per heavy atom. The van der Waals surface area contributed by atoms with Crippen molar-refractivity contribution in [3.8, 4) is 11.5 Å². The fraction of sp³-hybridized carbons (Fsp3) is 0.412. The molecular formula is C34H40N2O4. The van der Waals surface area contributed by atoms with Crippen LogP contribution in [0.2, 0.25) is 0 Å². The van der Waals surface area contributed by atoms with Gasteiger partial charge in [0.1, 0.15) is 19.3 Å². The van der Waals surface area contributed by atoms with E-state index in [1.54, 1.807) is 4.90 Å². The van der Waals surface area contributed by atoms with Crippen molar-refractivity contribution in [3.63, 3.8) is 0 Å². The number of carbonyl (C=O) groups excluding carboxylic acids is 2. The van der Waals surface area contributed by atoms with Crippen LogP contribution in [0.3, 0.4) is 0 Å². The van der Waals surface area contributed by atoms with E-state index in [-0.39, 0.29) is 17.9 Å². The molecule has 6 heteroatoms. The van der Waals surface area contributed by atoms with Crippen molar-refractivity contribution < 1.29 is 19.1 Å². The van der Waals surface area contributed by atoms with Gasteiger partial charge in [0.05, 0.1) is 0 Å². The van der Waals surface area contributed by atoms with Gasteiger partial charge in [0.25, 0.3) is 0 Å². The third-order valence-electron chi connectivity index (χ3n) is 7.93. The first-order valence-corrected chi connectivity index (χ1v) is 14.6. The summed E-state index contributed by atoms with van der Waals surface area (Å²) in [6.07, 6.45) is 6.82. The van der Waals surface area contributed by atoms with Gasteiger partial charge in [0.2, 0.25) is 11.8 Å². The molecular weight excluding hydrogens is 500 g/mol. The van der Waals surface area contributed by atoms with E-state index in [1.165, 1.54) is 6.42 Å². The average Bonchev–Trinajstić information content (AvgIpc) is 2.99. The molecule has 3 aromatic carbocycles. The summed E-state index contributed by atoms with van der Waals surface area (Å²) in [5.41, 5.74) is 4.23. The topological polar surface area (TPSA) is 67.9 Å². The van der Waals surface area contributed by atoms with Crippen molar-refractivity contribution in [2.24, 2.45) is 0 Å². The quantitative estimate of drug-likeness (QED) is 0.354. The summed E-state index contributed by atoms with van der Waals surface area (Å²) in [4.78, 5) is 29.7. The van der Waals surface area contributed by atoms with Gasteiger partial charge in [-0.3, -0.25) is 9.59 Å². The average molecular weight is 541 g/mol. The molecule has 1 aliphatic carbocycles. The van der Waals surface area contributed by atoms with Gasteiger partial charge < -0.3 is 19.7 Å². The van der Waals surface area contributed by atoms with Crippen LogP contribution in [-0.4, -0.2) is 42.0 Å². The highest BCUT2D eigenvalue weighted by atomic mass is 16.6. The Kier molecular flexibility index (Phi) is 9.38. The predicted octanol–water partition coefficient (Wildman–Crippen LogP) is 5.79. The number of benzene rings is 3. The standard InChI is InChI=1S/C34H40N2O4/c1-25-12-14-28(15-13-25)24-36(33(37)19-17-27-16-18-31-32(23-27)40-21-20-39-31)30(22-26-8-4-2-5-9-26)34(38)35-29-10-6-3-7-11-29/h2,4-5,8-9,12-16,18,23,29-30H,3,6-7,10-11,17,19-22,24H2,1H3,(H,35,38)/t30-/m0/s1. The molecule has 0 aromatic heterocycles. The summed E-state index contributed by atoms with van der Waals surface area (Å²) in [5.74, 6) is 1.37. The van der Waals surface area contributed by atoms with Gasteiger partial charge in [-0.2, -0.15) is 0 Å². The Labute approximate surface area is 237 Å². The Bertz CT molecular complexity index is 1270. The largest absolute Gasteiger partial charge is 0.486 e. The lowest BCUT2D eigenvalue weighted by Gasteiger charge is -2.33. The molecule has 0 bridgehead atoms. The first kappa shape index (κ1) is 27.8. The maximum absolute atomic E-state index is 14.0.